The number of esters is 2. The first-order valence-corrected chi connectivity index (χ1v) is 10.3. The van der Waals surface area contributed by atoms with E-state index in [2.05, 4.69) is 9.84 Å². The second-order valence-corrected chi connectivity index (χ2v) is 7.56. The van der Waals surface area contributed by atoms with Crippen molar-refractivity contribution in [2.24, 2.45) is 5.10 Å². The molecule has 0 radical (unpaired) electrons. The molecule has 0 bridgehead atoms. The highest BCUT2D eigenvalue weighted by Crippen LogP contribution is 2.34. The molecule has 1 atom stereocenters. The number of rotatable bonds is 6. The van der Waals surface area contributed by atoms with E-state index < -0.39 is 30.5 Å². The number of hydrazone groups is 1. The second kappa shape index (κ2) is 8.97. The summed E-state index contributed by atoms with van der Waals surface area (Å²) in [6.45, 7) is -0.535. The predicted octanol–water partition coefficient (Wildman–Crippen LogP) is 3.66. The van der Waals surface area contributed by atoms with Crippen molar-refractivity contribution in [2.45, 2.75) is 12.5 Å². The number of hydrogen-bond acceptors (Lipinski definition) is 8. The molecule has 8 nitrogen and oxygen atoms in total. The summed E-state index contributed by atoms with van der Waals surface area (Å²) in [5, 5.41) is 7.68. The van der Waals surface area contributed by atoms with Crippen LogP contribution >= 0.6 is 11.3 Å². The standard InChI is InChI=1S/C22H18N2O6S/c1-28-21(26)14-6-2-3-7-15(14)22(27)30-13-20(25)24-17(18-8-4-10-29-18)12-16(23-24)19-9-5-11-31-19/h2-11,17H,12-13H2,1H3. The maximum atomic E-state index is 12.9. The number of carbonyl (C=O) groups excluding carboxylic acids is 3. The van der Waals surface area contributed by atoms with E-state index >= 15 is 0 Å². The van der Waals surface area contributed by atoms with Gasteiger partial charge in [-0.05, 0) is 35.7 Å². The molecule has 3 heterocycles. The largest absolute Gasteiger partial charge is 0.467 e. The number of ether oxygens (including phenoxy) is 2. The molecular weight excluding hydrogens is 420 g/mol. The lowest BCUT2D eigenvalue weighted by Crippen LogP contribution is -2.31. The van der Waals surface area contributed by atoms with Crippen LogP contribution in [0.3, 0.4) is 0 Å². The fourth-order valence-electron chi connectivity index (χ4n) is 3.25. The fourth-order valence-corrected chi connectivity index (χ4v) is 3.98. The van der Waals surface area contributed by atoms with Gasteiger partial charge in [0.15, 0.2) is 6.61 Å². The van der Waals surface area contributed by atoms with E-state index in [1.165, 1.54) is 41.9 Å². The van der Waals surface area contributed by atoms with Gasteiger partial charge in [0.2, 0.25) is 0 Å². The number of hydrogen-bond donors (Lipinski definition) is 0. The van der Waals surface area contributed by atoms with Crippen molar-refractivity contribution in [1.29, 1.82) is 0 Å². The van der Waals surface area contributed by atoms with Crippen molar-refractivity contribution in [3.63, 3.8) is 0 Å². The Kier molecular flexibility index (Phi) is 5.94. The van der Waals surface area contributed by atoms with Crippen molar-refractivity contribution in [1.82, 2.24) is 5.01 Å². The lowest BCUT2D eigenvalue weighted by molar-refractivity contribution is -0.136. The summed E-state index contributed by atoms with van der Waals surface area (Å²) < 4.78 is 15.4. The average molecular weight is 438 g/mol. The van der Waals surface area contributed by atoms with Crippen LogP contribution in [0.25, 0.3) is 0 Å². The Labute approximate surface area is 181 Å². The smallest absolute Gasteiger partial charge is 0.339 e. The highest BCUT2D eigenvalue weighted by Gasteiger charge is 2.35. The molecule has 1 amide bonds. The highest BCUT2D eigenvalue weighted by atomic mass is 32.1. The molecule has 158 valence electrons. The molecule has 0 fully saturated rings. The van der Waals surface area contributed by atoms with Gasteiger partial charge in [0.1, 0.15) is 11.8 Å². The zero-order valence-electron chi connectivity index (χ0n) is 16.5. The van der Waals surface area contributed by atoms with Crippen LogP contribution < -0.4 is 0 Å². The van der Waals surface area contributed by atoms with Gasteiger partial charge in [-0.1, -0.05) is 18.2 Å². The molecule has 4 rings (SSSR count). The van der Waals surface area contributed by atoms with Crippen LogP contribution in [0.1, 0.15) is 43.8 Å². The summed E-state index contributed by atoms with van der Waals surface area (Å²) in [5.41, 5.74) is 0.844. The summed E-state index contributed by atoms with van der Waals surface area (Å²) >= 11 is 1.53. The molecule has 0 saturated carbocycles. The molecule has 9 heteroatoms. The Balaban J connectivity index is 1.50. The van der Waals surface area contributed by atoms with Crippen LogP contribution in [-0.2, 0) is 14.3 Å². The first-order valence-electron chi connectivity index (χ1n) is 9.39. The SMILES string of the molecule is COC(=O)c1ccccc1C(=O)OCC(=O)N1N=C(c2cccs2)CC1c1ccco1. The monoisotopic (exact) mass is 438 g/mol. The third-order valence-corrected chi connectivity index (χ3v) is 5.64. The highest BCUT2D eigenvalue weighted by molar-refractivity contribution is 7.12. The van der Waals surface area contributed by atoms with E-state index in [-0.39, 0.29) is 11.1 Å². The number of amides is 1. The first-order chi connectivity index (χ1) is 15.1. The van der Waals surface area contributed by atoms with E-state index in [0.717, 1.165) is 10.6 Å². The molecule has 0 aliphatic carbocycles. The maximum Gasteiger partial charge on any atom is 0.339 e. The Morgan fingerprint density at radius 1 is 1.10 bits per heavy atom. The summed E-state index contributed by atoms with van der Waals surface area (Å²) in [7, 11) is 1.22. The lowest BCUT2D eigenvalue weighted by atomic mass is 10.1. The van der Waals surface area contributed by atoms with Crippen LogP contribution in [0.4, 0.5) is 0 Å². The molecule has 1 unspecified atom stereocenters. The zero-order valence-corrected chi connectivity index (χ0v) is 17.3. The van der Waals surface area contributed by atoms with Gasteiger partial charge in [-0.15, -0.1) is 11.3 Å². The normalized spacial score (nSPS) is 15.5. The Morgan fingerprint density at radius 3 is 2.52 bits per heavy atom. The van der Waals surface area contributed by atoms with Crippen molar-refractivity contribution >= 4 is 34.9 Å². The van der Waals surface area contributed by atoms with Gasteiger partial charge in [0.25, 0.3) is 5.91 Å². The number of methoxy groups -OCH3 is 1. The van der Waals surface area contributed by atoms with Crippen LogP contribution in [0.5, 0.6) is 0 Å². The molecule has 0 N–H and O–H groups in total. The van der Waals surface area contributed by atoms with Crippen molar-refractivity contribution in [3.05, 3.63) is 81.9 Å². The summed E-state index contributed by atoms with van der Waals surface area (Å²) in [5.74, 6) is -1.38. The van der Waals surface area contributed by atoms with Crippen molar-refractivity contribution in [3.8, 4) is 0 Å². The molecule has 1 aliphatic heterocycles. The quantitative estimate of drug-likeness (QED) is 0.545. The van der Waals surface area contributed by atoms with Crippen LogP contribution in [-0.4, -0.2) is 42.3 Å². The van der Waals surface area contributed by atoms with Crippen molar-refractivity contribution < 1.29 is 28.3 Å². The van der Waals surface area contributed by atoms with Gasteiger partial charge in [0.05, 0.1) is 35.1 Å². The lowest BCUT2D eigenvalue weighted by Gasteiger charge is -2.19. The van der Waals surface area contributed by atoms with Gasteiger partial charge in [-0.3, -0.25) is 4.79 Å². The first kappa shape index (κ1) is 20.5. The van der Waals surface area contributed by atoms with Gasteiger partial charge < -0.3 is 13.9 Å². The van der Waals surface area contributed by atoms with Crippen LogP contribution in [0.2, 0.25) is 0 Å². The molecule has 1 aliphatic rings. The molecule has 2 aromatic heterocycles. The van der Waals surface area contributed by atoms with E-state index in [1.807, 2.05) is 17.5 Å². The zero-order chi connectivity index (χ0) is 21.8. The van der Waals surface area contributed by atoms with Crippen LogP contribution in [0.15, 0.2) is 69.7 Å². The van der Waals surface area contributed by atoms with E-state index in [1.54, 1.807) is 24.3 Å². The predicted molar refractivity (Wildman–Crippen MR) is 112 cm³/mol. The van der Waals surface area contributed by atoms with E-state index in [4.69, 9.17) is 9.15 Å². The number of nitrogens with zero attached hydrogens (tertiary/aromatic N) is 2. The van der Waals surface area contributed by atoms with Crippen LogP contribution in [0, 0.1) is 0 Å². The summed E-state index contributed by atoms with van der Waals surface area (Å²) in [4.78, 5) is 38.2. The third kappa shape index (κ3) is 4.26. The number of carbonyl (C=O) groups is 3. The topological polar surface area (TPSA) is 98.4 Å². The molecule has 0 spiro atoms. The Hall–Kier alpha value is -3.72. The third-order valence-electron chi connectivity index (χ3n) is 4.72. The fraction of sp³-hybridized carbons (Fsp3) is 0.182. The second-order valence-electron chi connectivity index (χ2n) is 6.61. The number of thiophene rings is 1. The number of benzene rings is 1. The van der Waals surface area contributed by atoms with Gasteiger partial charge in [-0.2, -0.15) is 5.10 Å². The molecular formula is C22H18N2O6S. The molecule has 1 aromatic carbocycles. The minimum absolute atomic E-state index is 0.0222. The Morgan fingerprint density at radius 2 is 1.87 bits per heavy atom. The number of furan rings is 1. The maximum absolute atomic E-state index is 12.9. The Bertz CT molecular complexity index is 1120. The summed E-state index contributed by atoms with van der Waals surface area (Å²) in [6.07, 6.45) is 2.02. The van der Waals surface area contributed by atoms with E-state index in [0.29, 0.717) is 12.2 Å². The minimum atomic E-state index is -0.800. The molecule has 0 saturated heterocycles. The molecule has 3 aromatic rings. The average Bonchev–Trinajstić information content (AvgIpc) is 3.56. The summed E-state index contributed by atoms with van der Waals surface area (Å²) in [6, 6.07) is 13.0. The van der Waals surface area contributed by atoms with Gasteiger partial charge in [-0.25, -0.2) is 14.6 Å². The van der Waals surface area contributed by atoms with Gasteiger partial charge >= 0.3 is 11.9 Å². The molecule has 31 heavy (non-hydrogen) atoms. The van der Waals surface area contributed by atoms with Crippen molar-refractivity contribution in [2.75, 3.05) is 13.7 Å². The minimum Gasteiger partial charge on any atom is -0.467 e. The van der Waals surface area contributed by atoms with E-state index in [9.17, 15) is 14.4 Å². The van der Waals surface area contributed by atoms with Gasteiger partial charge in [0, 0.05) is 6.42 Å².